The first-order valence-electron chi connectivity index (χ1n) is 13.0. The van der Waals surface area contributed by atoms with Gasteiger partial charge >= 0.3 is 5.97 Å². The van der Waals surface area contributed by atoms with E-state index in [0.717, 1.165) is 38.8 Å². The highest BCUT2D eigenvalue weighted by Gasteiger charge is 2.12. The molecule has 0 unspecified atom stereocenters. The Morgan fingerprint density at radius 1 is 0.688 bits per heavy atom. The maximum atomic E-state index is 11.7. The molecule has 1 rings (SSSR count). The molecule has 1 fully saturated rings. The molecule has 1 N–H and O–H groups in total. The smallest absolute Gasteiger partial charge is 0.305 e. The summed E-state index contributed by atoms with van der Waals surface area (Å²) in [6.07, 6.45) is 14.3. The van der Waals surface area contributed by atoms with Crippen molar-refractivity contribution in [3.05, 3.63) is 0 Å². The maximum absolute atomic E-state index is 11.7. The number of hydrogen-bond donors (Lipinski definition) is 1. The third-order valence-electron chi connectivity index (χ3n) is 5.59. The van der Waals surface area contributed by atoms with Crippen LogP contribution in [-0.2, 0) is 28.5 Å². The Morgan fingerprint density at radius 3 is 1.78 bits per heavy atom. The summed E-state index contributed by atoms with van der Waals surface area (Å²) in [5, 5.41) is 3.32. The number of piperidine rings is 1. The largest absolute Gasteiger partial charge is 0.463 e. The molecule has 1 aliphatic heterocycles. The van der Waals surface area contributed by atoms with Crippen LogP contribution in [0, 0.1) is 0 Å². The zero-order chi connectivity index (χ0) is 23.0. The van der Waals surface area contributed by atoms with Crippen molar-refractivity contribution >= 4 is 5.97 Å². The fourth-order valence-electron chi connectivity index (χ4n) is 3.64. The molecule has 0 saturated carbocycles. The quantitative estimate of drug-likeness (QED) is 0.181. The molecule has 0 amide bonds. The van der Waals surface area contributed by atoms with Gasteiger partial charge in [-0.25, -0.2) is 0 Å². The highest BCUT2D eigenvalue weighted by molar-refractivity contribution is 5.69. The van der Waals surface area contributed by atoms with Crippen LogP contribution in [0.25, 0.3) is 0 Å². The van der Waals surface area contributed by atoms with E-state index in [2.05, 4.69) is 12.2 Å². The van der Waals surface area contributed by atoms with Crippen molar-refractivity contribution in [1.29, 1.82) is 0 Å². The molecular formula is C25H49NO6. The average Bonchev–Trinajstić information content (AvgIpc) is 2.81. The van der Waals surface area contributed by atoms with Gasteiger partial charge in [0.15, 0.2) is 0 Å². The van der Waals surface area contributed by atoms with Crippen molar-refractivity contribution in [2.45, 2.75) is 90.1 Å². The molecule has 32 heavy (non-hydrogen) atoms. The number of carbonyl (C=O) groups is 1. The molecule has 0 radical (unpaired) electrons. The van der Waals surface area contributed by atoms with Gasteiger partial charge in [-0.1, -0.05) is 58.3 Å². The first-order chi connectivity index (χ1) is 15.8. The third-order valence-corrected chi connectivity index (χ3v) is 5.59. The number of hydrogen-bond acceptors (Lipinski definition) is 7. The molecule has 0 atom stereocenters. The van der Waals surface area contributed by atoms with E-state index >= 15 is 0 Å². The lowest BCUT2D eigenvalue weighted by Gasteiger charge is -2.22. The summed E-state index contributed by atoms with van der Waals surface area (Å²) in [4.78, 5) is 11.7. The zero-order valence-electron chi connectivity index (χ0n) is 20.6. The number of rotatable bonds is 23. The minimum Gasteiger partial charge on any atom is -0.463 e. The Morgan fingerprint density at radius 2 is 1.19 bits per heavy atom. The van der Waals surface area contributed by atoms with Gasteiger partial charge in [-0.3, -0.25) is 4.79 Å². The summed E-state index contributed by atoms with van der Waals surface area (Å²) in [5.41, 5.74) is 0. The van der Waals surface area contributed by atoms with Crippen LogP contribution in [0.2, 0.25) is 0 Å². The minimum atomic E-state index is -0.117. The highest BCUT2D eigenvalue weighted by atomic mass is 16.6. The van der Waals surface area contributed by atoms with Crippen molar-refractivity contribution in [2.24, 2.45) is 0 Å². The van der Waals surface area contributed by atoms with Gasteiger partial charge in [0.25, 0.3) is 0 Å². The van der Waals surface area contributed by atoms with Crippen LogP contribution in [-0.4, -0.2) is 78.0 Å². The van der Waals surface area contributed by atoms with E-state index in [1.807, 2.05) is 0 Å². The van der Waals surface area contributed by atoms with Gasteiger partial charge in [0.2, 0.25) is 0 Å². The van der Waals surface area contributed by atoms with Crippen LogP contribution in [0.1, 0.15) is 84.0 Å². The molecule has 0 aromatic carbocycles. The normalized spacial score (nSPS) is 14.7. The molecule has 1 heterocycles. The topological polar surface area (TPSA) is 75.3 Å². The Hall–Kier alpha value is -0.730. The molecule has 190 valence electrons. The van der Waals surface area contributed by atoms with Gasteiger partial charge in [-0.2, -0.15) is 0 Å². The molecule has 1 saturated heterocycles. The van der Waals surface area contributed by atoms with Gasteiger partial charge in [0.1, 0.15) is 6.61 Å². The lowest BCUT2D eigenvalue weighted by molar-refractivity contribution is -0.145. The van der Waals surface area contributed by atoms with Crippen LogP contribution in [0.3, 0.4) is 0 Å². The number of unbranched alkanes of at least 4 members (excludes halogenated alkanes) is 8. The Labute approximate surface area is 196 Å². The van der Waals surface area contributed by atoms with Crippen molar-refractivity contribution < 1.29 is 28.5 Å². The van der Waals surface area contributed by atoms with Gasteiger partial charge in [0, 0.05) is 6.42 Å². The zero-order valence-corrected chi connectivity index (χ0v) is 20.6. The second kappa shape index (κ2) is 23.4. The monoisotopic (exact) mass is 459 g/mol. The van der Waals surface area contributed by atoms with Crippen molar-refractivity contribution in [3.63, 3.8) is 0 Å². The first kappa shape index (κ1) is 29.3. The van der Waals surface area contributed by atoms with E-state index in [0.29, 0.717) is 65.4 Å². The SMILES string of the molecule is CCCCCCCCCCCC(=O)OCCOCCOCCOCCOC1CCNCC1. The molecule has 0 aliphatic carbocycles. The maximum Gasteiger partial charge on any atom is 0.305 e. The molecule has 0 aromatic rings. The number of nitrogens with one attached hydrogen (secondary N) is 1. The molecular weight excluding hydrogens is 410 g/mol. The number of carbonyl (C=O) groups excluding carboxylic acids is 1. The molecule has 7 heteroatoms. The Bertz CT molecular complexity index is 404. The van der Waals surface area contributed by atoms with Gasteiger partial charge < -0.3 is 29.0 Å². The van der Waals surface area contributed by atoms with E-state index in [1.54, 1.807) is 0 Å². The summed E-state index contributed by atoms with van der Waals surface area (Å²) in [7, 11) is 0. The van der Waals surface area contributed by atoms with Crippen LogP contribution in [0.4, 0.5) is 0 Å². The fourth-order valence-corrected chi connectivity index (χ4v) is 3.64. The molecule has 1 aliphatic rings. The minimum absolute atomic E-state index is 0.117. The average molecular weight is 460 g/mol. The lowest BCUT2D eigenvalue weighted by atomic mass is 10.1. The first-order valence-corrected chi connectivity index (χ1v) is 13.0. The fraction of sp³-hybridized carbons (Fsp3) is 0.960. The standard InChI is InChI=1S/C25H49NO6/c1-2-3-4-5-6-7-8-9-10-11-25(27)32-23-21-30-19-17-28-16-18-29-20-22-31-24-12-14-26-15-13-24/h24,26H,2-23H2,1H3. The summed E-state index contributed by atoms with van der Waals surface area (Å²) in [6, 6.07) is 0. The predicted octanol–water partition coefficient (Wildman–Crippen LogP) is 4.27. The predicted molar refractivity (Wildman–Crippen MR) is 127 cm³/mol. The molecule has 0 spiro atoms. The summed E-state index contributed by atoms with van der Waals surface area (Å²) in [5.74, 6) is -0.117. The third kappa shape index (κ3) is 19.9. The number of esters is 1. The summed E-state index contributed by atoms with van der Waals surface area (Å²) in [6.45, 7) is 8.43. The second-order valence-electron chi connectivity index (χ2n) is 8.46. The van der Waals surface area contributed by atoms with Crippen LogP contribution in [0.15, 0.2) is 0 Å². The van der Waals surface area contributed by atoms with E-state index < -0.39 is 0 Å². The lowest BCUT2D eigenvalue weighted by Crippen LogP contribution is -2.33. The van der Waals surface area contributed by atoms with Crippen LogP contribution >= 0.6 is 0 Å². The Kier molecular flexibility index (Phi) is 21.5. The van der Waals surface area contributed by atoms with Crippen molar-refractivity contribution in [3.8, 4) is 0 Å². The van der Waals surface area contributed by atoms with Crippen LogP contribution < -0.4 is 5.32 Å². The van der Waals surface area contributed by atoms with E-state index in [-0.39, 0.29) is 5.97 Å². The van der Waals surface area contributed by atoms with E-state index in [4.69, 9.17) is 23.7 Å². The second-order valence-corrected chi connectivity index (χ2v) is 8.46. The van der Waals surface area contributed by atoms with E-state index in [1.165, 1.54) is 44.9 Å². The van der Waals surface area contributed by atoms with Crippen molar-refractivity contribution in [1.82, 2.24) is 5.32 Å². The van der Waals surface area contributed by atoms with Gasteiger partial charge in [0.05, 0.1) is 52.4 Å². The van der Waals surface area contributed by atoms with Crippen molar-refractivity contribution in [2.75, 3.05) is 65.9 Å². The van der Waals surface area contributed by atoms with Gasteiger partial charge in [-0.05, 0) is 32.4 Å². The summed E-state index contributed by atoms with van der Waals surface area (Å²) < 4.78 is 27.4. The highest BCUT2D eigenvalue weighted by Crippen LogP contribution is 2.10. The van der Waals surface area contributed by atoms with Crippen LogP contribution in [0.5, 0.6) is 0 Å². The van der Waals surface area contributed by atoms with E-state index in [9.17, 15) is 4.79 Å². The van der Waals surface area contributed by atoms with Gasteiger partial charge in [-0.15, -0.1) is 0 Å². The number of ether oxygens (including phenoxy) is 5. The molecule has 0 aromatic heterocycles. The molecule has 0 bridgehead atoms. The molecule has 7 nitrogen and oxygen atoms in total. The Balaban J connectivity index is 1.70. The summed E-state index contributed by atoms with van der Waals surface area (Å²) >= 11 is 0.